The second-order valence-corrected chi connectivity index (χ2v) is 8.53. The van der Waals surface area contributed by atoms with Gasteiger partial charge in [-0.2, -0.15) is 5.10 Å². The van der Waals surface area contributed by atoms with Crippen LogP contribution in [0, 0.1) is 0 Å². The van der Waals surface area contributed by atoms with Crippen LogP contribution in [0.3, 0.4) is 0 Å². The summed E-state index contributed by atoms with van der Waals surface area (Å²) in [5, 5.41) is 6.77. The smallest absolute Gasteiger partial charge is 0.345 e. The molecule has 0 radical (unpaired) electrons. The number of nitrogens with zero attached hydrogens (tertiary/aromatic N) is 1. The number of hydrogen-bond donors (Lipinski definition) is 1. The molecule has 0 aliphatic heterocycles. The van der Waals surface area contributed by atoms with E-state index in [1.165, 1.54) is 18.3 Å². The lowest BCUT2D eigenvalue weighted by molar-refractivity contribution is -0.123. The second-order valence-electron chi connectivity index (χ2n) is 7.25. The highest BCUT2D eigenvalue weighted by Crippen LogP contribution is 2.29. The first-order chi connectivity index (χ1) is 16.9. The SMILES string of the molecule is O=C(COc1cccc(Cl)c1)N/N=C\c1c(OC(=O)c2ccc(Cl)cc2Cl)ccc2ccccc12. The summed E-state index contributed by atoms with van der Waals surface area (Å²) < 4.78 is 11.0. The molecule has 4 aromatic carbocycles. The van der Waals surface area contributed by atoms with Gasteiger partial charge in [-0.1, -0.05) is 71.2 Å². The number of carbonyl (C=O) groups excluding carboxylic acids is 2. The van der Waals surface area contributed by atoms with E-state index in [1.807, 2.05) is 30.3 Å². The zero-order valence-electron chi connectivity index (χ0n) is 18.0. The Balaban J connectivity index is 1.52. The molecule has 0 spiro atoms. The molecular formula is C26H17Cl3N2O4. The Morgan fingerprint density at radius 2 is 1.69 bits per heavy atom. The minimum atomic E-state index is -0.657. The van der Waals surface area contributed by atoms with Gasteiger partial charge in [-0.25, -0.2) is 10.2 Å². The summed E-state index contributed by atoms with van der Waals surface area (Å²) in [6.45, 7) is -0.260. The summed E-state index contributed by atoms with van der Waals surface area (Å²) >= 11 is 18.0. The van der Waals surface area contributed by atoms with Crippen LogP contribution in [0.5, 0.6) is 11.5 Å². The molecule has 35 heavy (non-hydrogen) atoms. The van der Waals surface area contributed by atoms with E-state index in [-0.39, 0.29) is 22.9 Å². The summed E-state index contributed by atoms with van der Waals surface area (Å²) in [4.78, 5) is 24.9. The van der Waals surface area contributed by atoms with Crippen molar-refractivity contribution in [2.75, 3.05) is 6.61 Å². The largest absolute Gasteiger partial charge is 0.484 e. The van der Waals surface area contributed by atoms with E-state index in [0.29, 0.717) is 21.4 Å². The summed E-state index contributed by atoms with van der Waals surface area (Å²) in [6, 6.07) is 22.2. The molecule has 0 unspecified atom stereocenters. The third-order valence-electron chi connectivity index (χ3n) is 4.83. The fourth-order valence-corrected chi connectivity index (χ4v) is 3.88. The van der Waals surface area contributed by atoms with Crippen LogP contribution in [0.1, 0.15) is 15.9 Å². The summed E-state index contributed by atoms with van der Waals surface area (Å²) in [7, 11) is 0. The van der Waals surface area contributed by atoms with Crippen LogP contribution in [0.25, 0.3) is 10.8 Å². The van der Waals surface area contributed by atoms with Gasteiger partial charge in [0.15, 0.2) is 6.61 Å². The minimum Gasteiger partial charge on any atom is -0.484 e. The van der Waals surface area contributed by atoms with E-state index in [4.69, 9.17) is 44.3 Å². The predicted octanol–water partition coefficient (Wildman–Crippen LogP) is 6.55. The Kier molecular flexibility index (Phi) is 7.87. The minimum absolute atomic E-state index is 0.165. The number of nitrogens with one attached hydrogen (secondary N) is 1. The fraction of sp³-hybridized carbons (Fsp3) is 0.0385. The van der Waals surface area contributed by atoms with Gasteiger partial charge in [0.05, 0.1) is 16.8 Å². The van der Waals surface area contributed by atoms with Crippen LogP contribution in [-0.4, -0.2) is 24.7 Å². The maximum absolute atomic E-state index is 12.8. The Hall–Kier alpha value is -3.58. The Labute approximate surface area is 216 Å². The molecule has 0 aromatic heterocycles. The van der Waals surface area contributed by atoms with Crippen molar-refractivity contribution < 1.29 is 19.1 Å². The summed E-state index contributed by atoms with van der Waals surface area (Å²) in [6.07, 6.45) is 1.41. The maximum Gasteiger partial charge on any atom is 0.345 e. The first-order valence-electron chi connectivity index (χ1n) is 10.3. The first kappa shape index (κ1) is 24.5. The van der Waals surface area contributed by atoms with Gasteiger partial charge < -0.3 is 9.47 Å². The van der Waals surface area contributed by atoms with Crippen molar-refractivity contribution >= 4 is 63.7 Å². The van der Waals surface area contributed by atoms with Gasteiger partial charge in [0.2, 0.25) is 0 Å². The van der Waals surface area contributed by atoms with Crippen molar-refractivity contribution in [2.45, 2.75) is 0 Å². The number of benzene rings is 4. The topological polar surface area (TPSA) is 77.0 Å². The molecule has 0 bridgehead atoms. The molecule has 6 nitrogen and oxygen atoms in total. The highest BCUT2D eigenvalue weighted by Gasteiger charge is 2.16. The highest BCUT2D eigenvalue weighted by molar-refractivity contribution is 6.36. The van der Waals surface area contributed by atoms with Crippen molar-refractivity contribution in [3.05, 3.63) is 105 Å². The third-order valence-corrected chi connectivity index (χ3v) is 5.62. The number of hydrogen-bond acceptors (Lipinski definition) is 5. The molecule has 1 amide bonds. The molecule has 0 atom stereocenters. The predicted molar refractivity (Wildman–Crippen MR) is 138 cm³/mol. The van der Waals surface area contributed by atoms with E-state index in [9.17, 15) is 9.59 Å². The van der Waals surface area contributed by atoms with Crippen molar-refractivity contribution in [1.29, 1.82) is 0 Å². The Bertz CT molecular complexity index is 1440. The number of fused-ring (bicyclic) bond motifs is 1. The van der Waals surface area contributed by atoms with Crippen LogP contribution in [0.15, 0.2) is 84.0 Å². The molecule has 0 aliphatic rings. The molecule has 4 rings (SSSR count). The number of halogens is 3. The number of amides is 1. The lowest BCUT2D eigenvalue weighted by atomic mass is 10.0. The fourth-order valence-electron chi connectivity index (χ4n) is 3.21. The summed E-state index contributed by atoms with van der Waals surface area (Å²) in [5.74, 6) is -0.433. The molecule has 9 heteroatoms. The van der Waals surface area contributed by atoms with Gasteiger partial charge in [-0.05, 0) is 53.2 Å². The average molecular weight is 528 g/mol. The molecule has 0 fully saturated rings. The molecule has 1 N–H and O–H groups in total. The van der Waals surface area contributed by atoms with Crippen molar-refractivity contribution in [1.82, 2.24) is 5.43 Å². The number of hydrazone groups is 1. The van der Waals surface area contributed by atoms with Crippen molar-refractivity contribution in [3.63, 3.8) is 0 Å². The first-order valence-corrected chi connectivity index (χ1v) is 11.4. The van der Waals surface area contributed by atoms with E-state index in [1.54, 1.807) is 36.4 Å². The monoisotopic (exact) mass is 526 g/mol. The standard InChI is InChI=1S/C26H17Cl3N2O4/c27-17-5-3-6-19(12-17)34-15-25(32)31-30-14-22-20-7-2-1-4-16(20)8-11-24(22)35-26(33)21-10-9-18(28)13-23(21)29/h1-14H,15H2,(H,31,32)/b30-14-. The molecule has 0 aliphatic carbocycles. The van der Waals surface area contributed by atoms with Gasteiger partial charge in [0.25, 0.3) is 5.91 Å². The van der Waals surface area contributed by atoms with Gasteiger partial charge in [-0.3, -0.25) is 4.79 Å². The van der Waals surface area contributed by atoms with Crippen LogP contribution in [0.2, 0.25) is 15.1 Å². The molecule has 4 aromatic rings. The lowest BCUT2D eigenvalue weighted by Gasteiger charge is -2.11. The van der Waals surface area contributed by atoms with Gasteiger partial charge in [0.1, 0.15) is 11.5 Å². The van der Waals surface area contributed by atoms with Gasteiger partial charge >= 0.3 is 5.97 Å². The average Bonchev–Trinajstić information content (AvgIpc) is 2.84. The maximum atomic E-state index is 12.8. The second kappa shape index (κ2) is 11.2. The van der Waals surface area contributed by atoms with Gasteiger partial charge in [-0.15, -0.1) is 0 Å². The molecule has 0 saturated heterocycles. The normalized spacial score (nSPS) is 10.9. The number of rotatable bonds is 7. The zero-order chi connectivity index (χ0) is 24.8. The molecule has 176 valence electrons. The van der Waals surface area contributed by atoms with Crippen LogP contribution in [-0.2, 0) is 4.79 Å². The third kappa shape index (κ3) is 6.31. The highest BCUT2D eigenvalue weighted by atomic mass is 35.5. The number of ether oxygens (including phenoxy) is 2. The zero-order valence-corrected chi connectivity index (χ0v) is 20.3. The van der Waals surface area contributed by atoms with E-state index >= 15 is 0 Å². The van der Waals surface area contributed by atoms with Crippen LogP contribution < -0.4 is 14.9 Å². The molecule has 0 heterocycles. The van der Waals surface area contributed by atoms with E-state index < -0.39 is 11.9 Å². The van der Waals surface area contributed by atoms with Crippen molar-refractivity contribution in [2.24, 2.45) is 5.10 Å². The molecular weight excluding hydrogens is 511 g/mol. The van der Waals surface area contributed by atoms with Gasteiger partial charge in [0, 0.05) is 15.6 Å². The number of carbonyl (C=O) groups is 2. The number of esters is 1. The quantitative estimate of drug-likeness (QED) is 0.128. The van der Waals surface area contributed by atoms with Crippen molar-refractivity contribution in [3.8, 4) is 11.5 Å². The van der Waals surface area contributed by atoms with E-state index in [0.717, 1.165) is 10.8 Å². The van der Waals surface area contributed by atoms with Crippen LogP contribution >= 0.6 is 34.8 Å². The Morgan fingerprint density at radius 1 is 0.886 bits per heavy atom. The lowest BCUT2D eigenvalue weighted by Crippen LogP contribution is -2.24. The Morgan fingerprint density at radius 3 is 2.49 bits per heavy atom. The van der Waals surface area contributed by atoms with Crippen LogP contribution in [0.4, 0.5) is 0 Å². The molecule has 0 saturated carbocycles. The summed E-state index contributed by atoms with van der Waals surface area (Å²) in [5.41, 5.74) is 3.07. The van der Waals surface area contributed by atoms with E-state index in [2.05, 4.69) is 10.5 Å².